The van der Waals surface area contributed by atoms with E-state index in [0.29, 0.717) is 18.8 Å². The summed E-state index contributed by atoms with van der Waals surface area (Å²) in [6.45, 7) is 1.04. The van der Waals surface area contributed by atoms with E-state index in [-0.39, 0.29) is 5.97 Å². The van der Waals surface area contributed by atoms with Crippen LogP contribution in [0.1, 0.15) is 21.5 Å². The van der Waals surface area contributed by atoms with E-state index in [0.717, 1.165) is 15.6 Å². The lowest BCUT2D eigenvalue weighted by Gasteiger charge is -2.06. The first-order valence-corrected chi connectivity index (χ1v) is 4.99. The first-order chi connectivity index (χ1) is 6.74. The summed E-state index contributed by atoms with van der Waals surface area (Å²) in [5.74, 6) is -0.306. The highest BCUT2D eigenvalue weighted by atomic mass is 79.9. The number of hydrogen-bond donors (Lipinski definition) is 0. The number of carbonyl (C=O) groups excluding carboxylic acids is 1. The Morgan fingerprint density at radius 1 is 1.43 bits per heavy atom. The Balaban J connectivity index is 2.53. The summed E-state index contributed by atoms with van der Waals surface area (Å²) in [7, 11) is 1.38. The van der Waals surface area contributed by atoms with Gasteiger partial charge in [-0.05, 0) is 23.3 Å². The number of ether oxygens (including phenoxy) is 2. The van der Waals surface area contributed by atoms with E-state index in [4.69, 9.17) is 9.47 Å². The molecule has 0 saturated carbocycles. The van der Waals surface area contributed by atoms with E-state index < -0.39 is 0 Å². The van der Waals surface area contributed by atoms with Gasteiger partial charge in [-0.25, -0.2) is 4.79 Å². The molecule has 2 rings (SSSR count). The van der Waals surface area contributed by atoms with Gasteiger partial charge in [0.05, 0.1) is 25.9 Å². The van der Waals surface area contributed by atoms with Crippen LogP contribution in [0.2, 0.25) is 0 Å². The zero-order valence-corrected chi connectivity index (χ0v) is 9.26. The molecule has 0 amide bonds. The molecular weight excluding hydrogens is 248 g/mol. The first-order valence-electron chi connectivity index (χ1n) is 4.20. The van der Waals surface area contributed by atoms with E-state index in [9.17, 15) is 4.79 Å². The molecule has 0 spiro atoms. The van der Waals surface area contributed by atoms with Crippen LogP contribution in [0.4, 0.5) is 0 Å². The predicted octanol–water partition coefficient (Wildman–Crippen LogP) is 2.27. The predicted molar refractivity (Wildman–Crippen MR) is 54.0 cm³/mol. The van der Waals surface area contributed by atoms with Crippen LogP contribution in [-0.2, 0) is 22.7 Å². The molecule has 4 heteroatoms. The van der Waals surface area contributed by atoms with E-state index in [1.807, 2.05) is 6.07 Å². The van der Waals surface area contributed by atoms with Crippen LogP contribution in [0.3, 0.4) is 0 Å². The summed E-state index contributed by atoms with van der Waals surface area (Å²) in [5.41, 5.74) is 2.59. The summed E-state index contributed by atoms with van der Waals surface area (Å²) in [6.07, 6.45) is 0. The lowest BCUT2D eigenvalue weighted by molar-refractivity contribution is 0.0596. The minimum Gasteiger partial charge on any atom is -0.465 e. The van der Waals surface area contributed by atoms with Crippen LogP contribution in [0.15, 0.2) is 16.6 Å². The average molecular weight is 257 g/mol. The van der Waals surface area contributed by atoms with Gasteiger partial charge in [0.15, 0.2) is 0 Å². The van der Waals surface area contributed by atoms with Crippen LogP contribution in [0, 0.1) is 0 Å². The smallest absolute Gasteiger partial charge is 0.338 e. The maximum atomic E-state index is 11.4. The number of hydrogen-bond acceptors (Lipinski definition) is 3. The van der Waals surface area contributed by atoms with Crippen molar-refractivity contribution >= 4 is 21.9 Å². The van der Waals surface area contributed by atoms with Crippen molar-refractivity contribution < 1.29 is 14.3 Å². The molecule has 1 heterocycles. The van der Waals surface area contributed by atoms with Crippen LogP contribution >= 0.6 is 15.9 Å². The van der Waals surface area contributed by atoms with E-state index in [1.165, 1.54) is 7.11 Å². The minimum atomic E-state index is -0.306. The second-order valence-corrected chi connectivity index (χ2v) is 3.89. The Hall–Kier alpha value is -0.870. The molecule has 0 unspecified atom stereocenters. The Bertz CT molecular complexity index is 387. The second kappa shape index (κ2) is 3.71. The molecule has 0 fully saturated rings. The molecule has 74 valence electrons. The van der Waals surface area contributed by atoms with E-state index in [2.05, 4.69) is 15.9 Å². The number of fused-ring (bicyclic) bond motifs is 1. The van der Waals surface area contributed by atoms with Gasteiger partial charge in [-0.1, -0.05) is 15.9 Å². The van der Waals surface area contributed by atoms with Gasteiger partial charge in [0.25, 0.3) is 0 Å². The summed E-state index contributed by atoms with van der Waals surface area (Å²) >= 11 is 3.42. The zero-order valence-electron chi connectivity index (χ0n) is 7.67. The molecule has 0 saturated heterocycles. The summed E-state index contributed by atoms with van der Waals surface area (Å²) < 4.78 is 11.0. The Morgan fingerprint density at radius 3 is 2.86 bits per heavy atom. The van der Waals surface area contributed by atoms with E-state index >= 15 is 0 Å². The fourth-order valence-corrected chi connectivity index (χ4v) is 2.03. The molecule has 1 aromatic carbocycles. The quantitative estimate of drug-likeness (QED) is 0.724. The normalized spacial score (nSPS) is 13.9. The van der Waals surface area contributed by atoms with Gasteiger partial charge < -0.3 is 9.47 Å². The van der Waals surface area contributed by atoms with Gasteiger partial charge >= 0.3 is 5.97 Å². The van der Waals surface area contributed by atoms with Crippen molar-refractivity contribution in [1.82, 2.24) is 0 Å². The maximum absolute atomic E-state index is 11.4. The second-order valence-electron chi connectivity index (χ2n) is 3.04. The van der Waals surface area contributed by atoms with Crippen molar-refractivity contribution in [1.29, 1.82) is 0 Å². The first kappa shape index (κ1) is 9.68. The molecule has 1 aliphatic heterocycles. The molecule has 0 N–H and O–H groups in total. The monoisotopic (exact) mass is 256 g/mol. The minimum absolute atomic E-state index is 0.306. The fraction of sp³-hybridized carbons (Fsp3) is 0.300. The van der Waals surface area contributed by atoms with Crippen LogP contribution < -0.4 is 0 Å². The van der Waals surface area contributed by atoms with Gasteiger partial charge in [0.2, 0.25) is 0 Å². The average Bonchev–Trinajstić information content (AvgIpc) is 2.67. The lowest BCUT2D eigenvalue weighted by Crippen LogP contribution is -2.05. The van der Waals surface area contributed by atoms with Gasteiger partial charge in [0, 0.05) is 4.47 Å². The highest BCUT2D eigenvalue weighted by Crippen LogP contribution is 2.30. The molecular formula is C10H9BrO3. The van der Waals surface area contributed by atoms with Crippen molar-refractivity contribution in [3.05, 3.63) is 33.3 Å². The van der Waals surface area contributed by atoms with Crippen LogP contribution in [0.5, 0.6) is 0 Å². The van der Waals surface area contributed by atoms with Crippen molar-refractivity contribution in [2.45, 2.75) is 13.2 Å². The molecule has 3 nitrogen and oxygen atoms in total. The molecule has 14 heavy (non-hydrogen) atoms. The van der Waals surface area contributed by atoms with Crippen molar-refractivity contribution in [3.63, 3.8) is 0 Å². The van der Waals surface area contributed by atoms with Crippen LogP contribution in [-0.4, -0.2) is 13.1 Å². The third-order valence-corrected chi connectivity index (χ3v) is 3.02. The van der Waals surface area contributed by atoms with Crippen molar-refractivity contribution in [3.8, 4) is 0 Å². The molecule has 0 aromatic heterocycles. The maximum Gasteiger partial charge on any atom is 0.338 e. The fourth-order valence-electron chi connectivity index (χ4n) is 1.54. The Labute approximate surface area is 90.1 Å². The topological polar surface area (TPSA) is 35.5 Å². The number of halogens is 1. The number of benzene rings is 1. The molecule has 0 aliphatic carbocycles. The lowest BCUT2D eigenvalue weighted by atomic mass is 10.0. The van der Waals surface area contributed by atoms with Gasteiger partial charge in [-0.3, -0.25) is 0 Å². The highest BCUT2D eigenvalue weighted by Gasteiger charge is 2.21. The number of rotatable bonds is 1. The van der Waals surface area contributed by atoms with Gasteiger partial charge in [-0.2, -0.15) is 0 Å². The highest BCUT2D eigenvalue weighted by molar-refractivity contribution is 9.10. The Kier molecular flexibility index (Phi) is 2.56. The zero-order chi connectivity index (χ0) is 10.1. The summed E-state index contributed by atoms with van der Waals surface area (Å²) in [4.78, 5) is 11.4. The molecule has 0 radical (unpaired) electrons. The van der Waals surface area contributed by atoms with Gasteiger partial charge in [0.1, 0.15) is 0 Å². The number of carbonyl (C=O) groups is 1. The molecule has 1 aliphatic rings. The third kappa shape index (κ3) is 1.44. The molecule has 1 aromatic rings. The summed E-state index contributed by atoms with van der Waals surface area (Å²) in [5, 5.41) is 0. The largest absolute Gasteiger partial charge is 0.465 e. The van der Waals surface area contributed by atoms with Gasteiger partial charge in [-0.15, -0.1) is 0 Å². The van der Waals surface area contributed by atoms with Crippen LogP contribution in [0.25, 0.3) is 0 Å². The Morgan fingerprint density at radius 2 is 2.14 bits per heavy atom. The number of methoxy groups -OCH3 is 1. The SMILES string of the molecule is COC(=O)c1ccc(Br)c2c1COC2. The molecule has 0 atom stereocenters. The third-order valence-electron chi connectivity index (χ3n) is 2.27. The van der Waals surface area contributed by atoms with E-state index in [1.54, 1.807) is 6.07 Å². The van der Waals surface area contributed by atoms with Crippen molar-refractivity contribution in [2.75, 3.05) is 7.11 Å². The summed E-state index contributed by atoms with van der Waals surface area (Å²) in [6, 6.07) is 3.60. The number of esters is 1. The standard InChI is InChI=1S/C10H9BrO3/c1-13-10(12)6-2-3-9(11)8-5-14-4-7(6)8/h2-3H,4-5H2,1H3. The van der Waals surface area contributed by atoms with Crippen molar-refractivity contribution in [2.24, 2.45) is 0 Å². The molecule has 0 bridgehead atoms.